The molecule has 0 aliphatic carbocycles. The number of phenolic OH excluding ortho intramolecular Hbond substituents is 1. The van der Waals surface area contributed by atoms with Gasteiger partial charge in [0.15, 0.2) is 5.78 Å². The SMILES string of the molecule is CC(=O)c1c(O)cc(C)cc1I. The first-order chi connectivity index (χ1) is 5.52. The molecule has 0 aliphatic heterocycles. The maximum absolute atomic E-state index is 11.0. The van der Waals surface area contributed by atoms with E-state index >= 15 is 0 Å². The molecule has 3 heteroatoms. The third kappa shape index (κ3) is 1.77. The van der Waals surface area contributed by atoms with Gasteiger partial charge in [-0.05, 0) is 54.1 Å². The van der Waals surface area contributed by atoms with Crippen molar-refractivity contribution in [2.24, 2.45) is 0 Å². The molecule has 1 aromatic rings. The van der Waals surface area contributed by atoms with E-state index < -0.39 is 0 Å². The Morgan fingerprint density at radius 1 is 1.50 bits per heavy atom. The summed E-state index contributed by atoms with van der Waals surface area (Å²) in [5, 5.41) is 9.42. The van der Waals surface area contributed by atoms with Gasteiger partial charge in [0, 0.05) is 3.57 Å². The van der Waals surface area contributed by atoms with Crippen molar-refractivity contribution < 1.29 is 9.90 Å². The average molecular weight is 276 g/mol. The number of Topliss-reactive ketones (excluding diaryl/α,β-unsaturated/α-hetero) is 1. The Morgan fingerprint density at radius 2 is 2.08 bits per heavy atom. The van der Waals surface area contributed by atoms with Crippen LogP contribution in [-0.2, 0) is 0 Å². The van der Waals surface area contributed by atoms with Crippen LogP contribution in [0.3, 0.4) is 0 Å². The number of aryl methyl sites for hydroxylation is 1. The number of hydrogen-bond donors (Lipinski definition) is 1. The Balaban J connectivity index is 3.38. The zero-order valence-electron chi connectivity index (χ0n) is 6.89. The molecule has 0 amide bonds. The van der Waals surface area contributed by atoms with Gasteiger partial charge in [-0.1, -0.05) is 0 Å². The molecule has 0 radical (unpaired) electrons. The second-order valence-corrected chi connectivity index (χ2v) is 3.86. The third-order valence-electron chi connectivity index (χ3n) is 1.57. The summed E-state index contributed by atoms with van der Waals surface area (Å²) in [6.45, 7) is 3.33. The van der Waals surface area contributed by atoms with Gasteiger partial charge in [0.1, 0.15) is 5.75 Å². The molecule has 0 unspecified atom stereocenters. The summed E-state index contributed by atoms with van der Waals surface area (Å²) < 4.78 is 0.803. The molecule has 0 bridgehead atoms. The molecule has 0 spiro atoms. The van der Waals surface area contributed by atoms with Gasteiger partial charge in [0.2, 0.25) is 0 Å². The van der Waals surface area contributed by atoms with Crippen LogP contribution in [0, 0.1) is 10.5 Å². The van der Waals surface area contributed by atoms with Gasteiger partial charge in [-0.15, -0.1) is 0 Å². The lowest BCUT2D eigenvalue weighted by molar-refractivity contribution is 0.101. The highest BCUT2D eigenvalue weighted by atomic mass is 127. The van der Waals surface area contributed by atoms with Crippen LogP contribution < -0.4 is 0 Å². The lowest BCUT2D eigenvalue weighted by atomic mass is 10.1. The van der Waals surface area contributed by atoms with E-state index in [1.54, 1.807) is 6.07 Å². The van der Waals surface area contributed by atoms with Crippen LogP contribution in [0.1, 0.15) is 22.8 Å². The predicted octanol–water partition coefficient (Wildman–Crippen LogP) is 2.51. The van der Waals surface area contributed by atoms with Gasteiger partial charge < -0.3 is 5.11 Å². The fourth-order valence-electron chi connectivity index (χ4n) is 1.07. The maximum atomic E-state index is 11.0. The lowest BCUT2D eigenvalue weighted by Crippen LogP contribution is -1.97. The average Bonchev–Trinajstić information content (AvgIpc) is 1.82. The molecule has 0 aliphatic rings. The molecule has 0 saturated heterocycles. The molecular formula is C9H9IO2. The van der Waals surface area contributed by atoms with Crippen LogP contribution in [-0.4, -0.2) is 10.9 Å². The van der Waals surface area contributed by atoms with Crippen molar-refractivity contribution in [3.05, 3.63) is 26.8 Å². The second-order valence-electron chi connectivity index (χ2n) is 2.70. The van der Waals surface area contributed by atoms with Crippen molar-refractivity contribution in [1.82, 2.24) is 0 Å². The van der Waals surface area contributed by atoms with Gasteiger partial charge in [-0.2, -0.15) is 0 Å². The summed E-state index contributed by atoms with van der Waals surface area (Å²) in [6, 6.07) is 3.47. The van der Waals surface area contributed by atoms with Crippen LogP contribution in [0.4, 0.5) is 0 Å². The summed E-state index contributed by atoms with van der Waals surface area (Å²) in [7, 11) is 0. The third-order valence-corrected chi connectivity index (χ3v) is 2.42. The number of carbonyl (C=O) groups excluding carboxylic acids is 1. The summed E-state index contributed by atoms with van der Waals surface area (Å²) in [5.74, 6) is -0.0243. The lowest BCUT2D eigenvalue weighted by Gasteiger charge is -2.04. The molecule has 12 heavy (non-hydrogen) atoms. The fraction of sp³-hybridized carbons (Fsp3) is 0.222. The molecule has 0 saturated carbocycles. The number of carbonyl (C=O) groups is 1. The fourth-order valence-corrected chi connectivity index (χ4v) is 2.22. The van der Waals surface area contributed by atoms with Gasteiger partial charge in [0.05, 0.1) is 5.56 Å². The highest BCUT2D eigenvalue weighted by Crippen LogP contribution is 2.24. The first-order valence-corrected chi connectivity index (χ1v) is 4.60. The predicted molar refractivity (Wildman–Crippen MR) is 55.6 cm³/mol. The van der Waals surface area contributed by atoms with Crippen molar-refractivity contribution in [3.63, 3.8) is 0 Å². The zero-order chi connectivity index (χ0) is 9.30. The number of phenols is 1. The Morgan fingerprint density at radius 3 is 2.50 bits per heavy atom. The first-order valence-electron chi connectivity index (χ1n) is 3.52. The highest BCUT2D eigenvalue weighted by molar-refractivity contribution is 14.1. The van der Waals surface area contributed by atoms with E-state index in [9.17, 15) is 9.90 Å². The van der Waals surface area contributed by atoms with Crippen molar-refractivity contribution in [2.45, 2.75) is 13.8 Å². The van der Waals surface area contributed by atoms with Gasteiger partial charge in [0.25, 0.3) is 0 Å². The Bertz CT molecular complexity index is 308. The van der Waals surface area contributed by atoms with Crippen LogP contribution in [0.25, 0.3) is 0 Å². The molecule has 0 fully saturated rings. The summed E-state index contributed by atoms with van der Waals surface area (Å²) in [6.07, 6.45) is 0. The summed E-state index contributed by atoms with van der Waals surface area (Å²) >= 11 is 2.05. The minimum absolute atomic E-state index is 0.0758. The smallest absolute Gasteiger partial charge is 0.164 e. The Kier molecular flexibility index (Phi) is 2.72. The van der Waals surface area contributed by atoms with Crippen molar-refractivity contribution in [2.75, 3.05) is 0 Å². The van der Waals surface area contributed by atoms with Crippen molar-refractivity contribution >= 4 is 28.4 Å². The summed E-state index contributed by atoms with van der Waals surface area (Å²) in [5.41, 5.74) is 1.38. The minimum Gasteiger partial charge on any atom is -0.507 e. The van der Waals surface area contributed by atoms with E-state index in [2.05, 4.69) is 0 Å². The topological polar surface area (TPSA) is 37.3 Å². The number of aromatic hydroxyl groups is 1. The molecule has 2 nitrogen and oxygen atoms in total. The molecule has 0 atom stereocenters. The largest absolute Gasteiger partial charge is 0.507 e. The van der Waals surface area contributed by atoms with E-state index in [1.807, 2.05) is 35.6 Å². The summed E-state index contributed by atoms with van der Waals surface area (Å²) in [4.78, 5) is 11.0. The number of benzene rings is 1. The van der Waals surface area contributed by atoms with E-state index in [-0.39, 0.29) is 11.5 Å². The second kappa shape index (κ2) is 3.43. The molecule has 1 rings (SSSR count). The molecule has 0 aromatic heterocycles. The van der Waals surface area contributed by atoms with Gasteiger partial charge in [-0.25, -0.2) is 0 Å². The highest BCUT2D eigenvalue weighted by Gasteiger charge is 2.10. The zero-order valence-corrected chi connectivity index (χ0v) is 9.05. The van der Waals surface area contributed by atoms with E-state index in [0.29, 0.717) is 5.56 Å². The standard InChI is InChI=1S/C9H9IO2/c1-5-3-7(10)9(6(2)11)8(12)4-5/h3-4,12H,1-2H3. The normalized spacial score (nSPS) is 9.92. The van der Waals surface area contributed by atoms with Crippen LogP contribution in [0.2, 0.25) is 0 Å². The Labute approximate surface area is 84.7 Å². The Hall–Kier alpha value is -0.580. The van der Waals surface area contributed by atoms with E-state index in [0.717, 1.165) is 9.13 Å². The van der Waals surface area contributed by atoms with Gasteiger partial charge >= 0.3 is 0 Å². The van der Waals surface area contributed by atoms with Crippen molar-refractivity contribution in [3.8, 4) is 5.75 Å². The molecular weight excluding hydrogens is 267 g/mol. The molecule has 64 valence electrons. The van der Waals surface area contributed by atoms with Crippen LogP contribution in [0.15, 0.2) is 12.1 Å². The molecule has 1 aromatic carbocycles. The molecule has 1 N–H and O–H groups in total. The van der Waals surface area contributed by atoms with Crippen LogP contribution in [0.5, 0.6) is 5.75 Å². The molecule has 0 heterocycles. The first kappa shape index (κ1) is 9.51. The maximum Gasteiger partial charge on any atom is 0.164 e. The van der Waals surface area contributed by atoms with E-state index in [4.69, 9.17) is 0 Å². The monoisotopic (exact) mass is 276 g/mol. The number of rotatable bonds is 1. The number of halogens is 1. The van der Waals surface area contributed by atoms with E-state index in [1.165, 1.54) is 6.92 Å². The number of hydrogen-bond acceptors (Lipinski definition) is 2. The van der Waals surface area contributed by atoms with Crippen molar-refractivity contribution in [1.29, 1.82) is 0 Å². The minimum atomic E-state index is -0.100. The quantitative estimate of drug-likeness (QED) is 0.632. The van der Waals surface area contributed by atoms with Crippen LogP contribution >= 0.6 is 22.6 Å². The number of ketones is 1. The van der Waals surface area contributed by atoms with Gasteiger partial charge in [-0.3, -0.25) is 4.79 Å².